The topological polar surface area (TPSA) is 30.5 Å². The fourth-order valence-electron chi connectivity index (χ4n) is 1.67. The van der Waals surface area contributed by atoms with Gasteiger partial charge in [0, 0.05) is 24.6 Å². The zero-order valence-corrected chi connectivity index (χ0v) is 12.0. The van der Waals surface area contributed by atoms with Crippen LogP contribution in [0.25, 0.3) is 0 Å². The number of hydrogen-bond acceptors (Lipinski definition) is 3. The summed E-state index contributed by atoms with van der Waals surface area (Å²) in [6, 6.07) is 5.75. The standard InChI is InChI=1S/C15H24FNO2/c1-12(2)10-17-11-13-5-6-14(18-3)9-15(13)19-8-4-7-16/h5-6,9,12,17H,4,7-8,10-11H2,1-3H3. The Morgan fingerprint density at radius 3 is 2.74 bits per heavy atom. The first-order valence-electron chi connectivity index (χ1n) is 6.73. The fourth-order valence-corrected chi connectivity index (χ4v) is 1.67. The van der Waals surface area contributed by atoms with Crippen molar-refractivity contribution in [3.8, 4) is 11.5 Å². The molecular formula is C15H24FNO2. The van der Waals surface area contributed by atoms with Crippen molar-refractivity contribution in [1.29, 1.82) is 0 Å². The molecule has 0 aliphatic rings. The van der Waals surface area contributed by atoms with E-state index in [1.165, 1.54) is 0 Å². The molecule has 0 amide bonds. The largest absolute Gasteiger partial charge is 0.497 e. The smallest absolute Gasteiger partial charge is 0.127 e. The minimum Gasteiger partial charge on any atom is -0.497 e. The molecule has 0 fully saturated rings. The van der Waals surface area contributed by atoms with E-state index >= 15 is 0 Å². The number of ether oxygens (including phenoxy) is 2. The van der Waals surface area contributed by atoms with E-state index < -0.39 is 0 Å². The Labute approximate surface area is 115 Å². The Morgan fingerprint density at radius 1 is 1.32 bits per heavy atom. The first-order chi connectivity index (χ1) is 9.17. The minimum atomic E-state index is -0.356. The lowest BCUT2D eigenvalue weighted by atomic mass is 10.1. The van der Waals surface area contributed by atoms with Gasteiger partial charge in [0.25, 0.3) is 0 Å². The molecule has 0 aliphatic carbocycles. The van der Waals surface area contributed by atoms with Gasteiger partial charge in [-0.1, -0.05) is 19.9 Å². The highest BCUT2D eigenvalue weighted by Gasteiger charge is 2.06. The number of methoxy groups -OCH3 is 1. The summed E-state index contributed by atoms with van der Waals surface area (Å²) in [5, 5.41) is 3.37. The van der Waals surface area contributed by atoms with Crippen molar-refractivity contribution >= 4 is 0 Å². The maximum absolute atomic E-state index is 12.1. The van der Waals surface area contributed by atoms with Gasteiger partial charge in [-0.25, -0.2) is 0 Å². The van der Waals surface area contributed by atoms with Gasteiger partial charge in [-0.15, -0.1) is 0 Å². The summed E-state index contributed by atoms with van der Waals surface area (Å²) in [4.78, 5) is 0. The van der Waals surface area contributed by atoms with Crippen LogP contribution in [0.4, 0.5) is 4.39 Å². The Bertz CT molecular complexity index is 369. The molecule has 1 aromatic rings. The fraction of sp³-hybridized carbons (Fsp3) is 0.600. The van der Waals surface area contributed by atoms with Gasteiger partial charge >= 0.3 is 0 Å². The first-order valence-corrected chi connectivity index (χ1v) is 6.73. The van der Waals surface area contributed by atoms with E-state index in [0.29, 0.717) is 18.9 Å². The molecule has 0 aliphatic heterocycles. The van der Waals surface area contributed by atoms with Crippen LogP contribution in [0.15, 0.2) is 18.2 Å². The summed E-state index contributed by atoms with van der Waals surface area (Å²) >= 11 is 0. The van der Waals surface area contributed by atoms with Gasteiger partial charge in [-0.3, -0.25) is 4.39 Å². The number of nitrogens with one attached hydrogen (secondary N) is 1. The molecule has 0 saturated carbocycles. The van der Waals surface area contributed by atoms with E-state index in [0.717, 1.165) is 30.2 Å². The van der Waals surface area contributed by atoms with Crippen LogP contribution in [0.3, 0.4) is 0 Å². The van der Waals surface area contributed by atoms with Crippen LogP contribution >= 0.6 is 0 Å². The quantitative estimate of drug-likeness (QED) is 0.698. The highest BCUT2D eigenvalue weighted by Crippen LogP contribution is 2.25. The molecule has 108 valence electrons. The van der Waals surface area contributed by atoms with Crippen molar-refractivity contribution in [1.82, 2.24) is 5.32 Å². The molecule has 0 spiro atoms. The van der Waals surface area contributed by atoms with E-state index in [-0.39, 0.29) is 6.67 Å². The van der Waals surface area contributed by atoms with Crippen LogP contribution in [0, 0.1) is 5.92 Å². The highest BCUT2D eigenvalue weighted by atomic mass is 19.1. The van der Waals surface area contributed by atoms with E-state index in [1.807, 2.05) is 18.2 Å². The number of benzene rings is 1. The average molecular weight is 269 g/mol. The summed E-state index contributed by atoms with van der Waals surface area (Å²) in [7, 11) is 1.62. The molecule has 1 aromatic carbocycles. The van der Waals surface area contributed by atoms with E-state index in [1.54, 1.807) is 7.11 Å². The Kier molecular flexibility index (Phi) is 7.26. The van der Waals surface area contributed by atoms with Gasteiger partial charge in [0.2, 0.25) is 0 Å². The van der Waals surface area contributed by atoms with Crippen molar-refractivity contribution in [3.05, 3.63) is 23.8 Å². The lowest BCUT2D eigenvalue weighted by molar-refractivity contribution is 0.284. The second-order valence-corrected chi connectivity index (χ2v) is 4.89. The van der Waals surface area contributed by atoms with E-state index in [9.17, 15) is 4.39 Å². The van der Waals surface area contributed by atoms with Gasteiger partial charge in [0.15, 0.2) is 0 Å². The Balaban J connectivity index is 2.65. The predicted molar refractivity (Wildman–Crippen MR) is 75.6 cm³/mol. The molecule has 4 heteroatoms. The highest BCUT2D eigenvalue weighted by molar-refractivity contribution is 5.40. The zero-order chi connectivity index (χ0) is 14.1. The van der Waals surface area contributed by atoms with Gasteiger partial charge < -0.3 is 14.8 Å². The molecule has 0 radical (unpaired) electrons. The summed E-state index contributed by atoms with van der Waals surface area (Å²) in [6.45, 7) is 6.06. The molecule has 0 saturated heterocycles. The molecule has 0 atom stereocenters. The van der Waals surface area contributed by atoms with Crippen LogP contribution in [-0.2, 0) is 6.54 Å². The molecule has 0 heterocycles. The molecule has 0 unspecified atom stereocenters. The van der Waals surface area contributed by atoms with Gasteiger partial charge in [-0.2, -0.15) is 0 Å². The first kappa shape index (κ1) is 15.8. The number of hydrogen-bond donors (Lipinski definition) is 1. The maximum atomic E-state index is 12.1. The monoisotopic (exact) mass is 269 g/mol. The van der Waals surface area contributed by atoms with E-state index in [4.69, 9.17) is 9.47 Å². The van der Waals surface area contributed by atoms with Gasteiger partial charge in [-0.05, 0) is 18.5 Å². The molecule has 1 rings (SSSR count). The molecule has 19 heavy (non-hydrogen) atoms. The van der Waals surface area contributed by atoms with E-state index in [2.05, 4.69) is 19.2 Å². The van der Waals surface area contributed by atoms with Crippen LogP contribution in [0.2, 0.25) is 0 Å². The molecule has 0 bridgehead atoms. The lowest BCUT2D eigenvalue weighted by Gasteiger charge is -2.14. The third kappa shape index (κ3) is 5.92. The maximum Gasteiger partial charge on any atom is 0.127 e. The second-order valence-electron chi connectivity index (χ2n) is 4.89. The minimum absolute atomic E-state index is 0.356. The number of alkyl halides is 1. The Morgan fingerprint density at radius 2 is 2.11 bits per heavy atom. The van der Waals surface area contributed by atoms with Crippen molar-refractivity contribution in [2.45, 2.75) is 26.8 Å². The Hall–Kier alpha value is -1.29. The van der Waals surface area contributed by atoms with Gasteiger partial charge in [0.05, 0.1) is 20.4 Å². The van der Waals surface area contributed by atoms with Crippen LogP contribution in [0.5, 0.6) is 11.5 Å². The van der Waals surface area contributed by atoms with Gasteiger partial charge in [0.1, 0.15) is 11.5 Å². The number of halogens is 1. The third-order valence-electron chi connectivity index (χ3n) is 2.68. The molecular weight excluding hydrogens is 245 g/mol. The van der Waals surface area contributed by atoms with Crippen molar-refractivity contribution < 1.29 is 13.9 Å². The molecule has 3 nitrogen and oxygen atoms in total. The van der Waals surface area contributed by atoms with Crippen molar-refractivity contribution in [2.75, 3.05) is 26.9 Å². The normalized spacial score (nSPS) is 10.8. The second kappa shape index (κ2) is 8.75. The summed E-state index contributed by atoms with van der Waals surface area (Å²) < 4.78 is 22.9. The van der Waals surface area contributed by atoms with Crippen LogP contribution < -0.4 is 14.8 Å². The van der Waals surface area contributed by atoms with Crippen molar-refractivity contribution in [2.24, 2.45) is 5.92 Å². The summed E-state index contributed by atoms with van der Waals surface area (Å²) in [5.41, 5.74) is 1.07. The predicted octanol–water partition coefficient (Wildman–Crippen LogP) is 3.18. The molecule has 1 N–H and O–H groups in total. The summed E-state index contributed by atoms with van der Waals surface area (Å²) in [5.74, 6) is 2.13. The lowest BCUT2D eigenvalue weighted by Crippen LogP contribution is -2.19. The van der Waals surface area contributed by atoms with Crippen LogP contribution in [0.1, 0.15) is 25.8 Å². The zero-order valence-electron chi connectivity index (χ0n) is 12.0. The SMILES string of the molecule is COc1ccc(CNCC(C)C)c(OCCCF)c1. The van der Waals surface area contributed by atoms with Crippen LogP contribution in [-0.4, -0.2) is 26.9 Å². The third-order valence-corrected chi connectivity index (χ3v) is 2.68. The van der Waals surface area contributed by atoms with Crippen molar-refractivity contribution in [3.63, 3.8) is 0 Å². The summed E-state index contributed by atoms with van der Waals surface area (Å²) in [6.07, 6.45) is 0.413. The number of rotatable bonds is 9. The average Bonchev–Trinajstić information content (AvgIpc) is 2.40. The molecule has 0 aromatic heterocycles.